The molecule has 114 valence electrons. The average Bonchev–Trinajstić information content (AvgIpc) is 2.26. The first-order chi connectivity index (χ1) is 8.89. The lowest BCUT2D eigenvalue weighted by Crippen LogP contribution is -2.43. The van der Waals surface area contributed by atoms with Crippen LogP contribution in [0, 0.1) is 0 Å². The fourth-order valence-electron chi connectivity index (χ4n) is 1.45. The molecule has 0 aromatic heterocycles. The van der Waals surface area contributed by atoms with Gasteiger partial charge >= 0.3 is 6.18 Å². The van der Waals surface area contributed by atoms with Crippen LogP contribution in [0.4, 0.5) is 13.2 Å². The summed E-state index contributed by atoms with van der Waals surface area (Å²) in [5.74, 6) is 0. The quantitative estimate of drug-likeness (QED) is 0.912. The molecule has 20 heavy (non-hydrogen) atoms. The van der Waals surface area contributed by atoms with Crippen molar-refractivity contribution in [2.45, 2.75) is 43.8 Å². The van der Waals surface area contributed by atoms with Gasteiger partial charge in [-0.15, -0.1) is 0 Å². The van der Waals surface area contributed by atoms with Crippen LogP contribution in [0.2, 0.25) is 5.02 Å². The summed E-state index contributed by atoms with van der Waals surface area (Å²) >= 11 is 5.52. The minimum absolute atomic E-state index is 0.175. The first kappa shape index (κ1) is 17.3. The Balaban J connectivity index is 3.40. The third kappa shape index (κ3) is 4.10. The smallest absolute Gasteiger partial charge is 0.207 e. The topological polar surface area (TPSA) is 46.2 Å². The fourth-order valence-corrected chi connectivity index (χ4v) is 3.31. The van der Waals surface area contributed by atoms with E-state index in [0.29, 0.717) is 12.5 Å². The van der Waals surface area contributed by atoms with Gasteiger partial charge in [-0.3, -0.25) is 0 Å². The Morgan fingerprint density at radius 1 is 1.25 bits per heavy atom. The molecule has 0 spiro atoms. The van der Waals surface area contributed by atoms with Gasteiger partial charge in [0.15, 0.2) is 0 Å². The molecule has 0 unspecified atom stereocenters. The fraction of sp³-hybridized carbons (Fsp3) is 0.500. The highest BCUT2D eigenvalue weighted by molar-refractivity contribution is 7.89. The summed E-state index contributed by atoms with van der Waals surface area (Å²) in [5, 5.41) is -0.175. The molecule has 0 saturated heterocycles. The highest BCUT2D eigenvalue weighted by Crippen LogP contribution is 2.36. The third-order valence-electron chi connectivity index (χ3n) is 2.83. The minimum Gasteiger partial charge on any atom is -0.207 e. The highest BCUT2D eigenvalue weighted by Gasteiger charge is 2.38. The van der Waals surface area contributed by atoms with Crippen molar-refractivity contribution in [2.75, 3.05) is 0 Å². The third-order valence-corrected chi connectivity index (χ3v) is 4.82. The Bertz CT molecular complexity index is 597. The molecule has 8 heteroatoms. The molecule has 0 amide bonds. The molecule has 0 aliphatic carbocycles. The average molecular weight is 330 g/mol. The number of halogens is 4. The second kappa shape index (κ2) is 5.54. The van der Waals surface area contributed by atoms with Gasteiger partial charge in [-0.05, 0) is 38.5 Å². The molecule has 0 fully saturated rings. The number of sulfonamides is 1. The SMILES string of the molecule is CCC(C)(C)NS(=O)(=O)c1ccc(Cl)cc1C(F)(F)F. The highest BCUT2D eigenvalue weighted by atomic mass is 35.5. The molecule has 0 saturated carbocycles. The number of hydrogen-bond donors (Lipinski definition) is 1. The van der Waals surface area contributed by atoms with E-state index in [0.717, 1.165) is 12.1 Å². The normalized spacial score (nSPS) is 13.6. The van der Waals surface area contributed by atoms with E-state index in [1.54, 1.807) is 20.8 Å². The van der Waals surface area contributed by atoms with Gasteiger partial charge in [0.25, 0.3) is 0 Å². The summed E-state index contributed by atoms with van der Waals surface area (Å²) in [6.07, 6.45) is -4.37. The van der Waals surface area contributed by atoms with Crippen molar-refractivity contribution < 1.29 is 21.6 Å². The molecule has 1 rings (SSSR count). The zero-order valence-electron chi connectivity index (χ0n) is 11.2. The molecule has 0 aliphatic heterocycles. The molecule has 1 N–H and O–H groups in total. The van der Waals surface area contributed by atoms with E-state index >= 15 is 0 Å². The van der Waals surface area contributed by atoms with Crippen LogP contribution in [0.15, 0.2) is 23.1 Å². The van der Waals surface area contributed by atoms with Crippen molar-refractivity contribution in [1.82, 2.24) is 4.72 Å². The van der Waals surface area contributed by atoms with E-state index < -0.39 is 32.2 Å². The van der Waals surface area contributed by atoms with E-state index in [4.69, 9.17) is 11.6 Å². The number of benzene rings is 1. The van der Waals surface area contributed by atoms with Crippen LogP contribution in [-0.4, -0.2) is 14.0 Å². The predicted octanol–water partition coefficient (Wildman–Crippen LogP) is 3.83. The van der Waals surface area contributed by atoms with Gasteiger partial charge in [0.2, 0.25) is 10.0 Å². The summed E-state index contributed by atoms with van der Waals surface area (Å²) in [4.78, 5) is -0.823. The summed E-state index contributed by atoms with van der Waals surface area (Å²) in [5.41, 5.74) is -2.12. The van der Waals surface area contributed by atoms with Gasteiger partial charge in [-0.2, -0.15) is 13.2 Å². The second-order valence-electron chi connectivity index (χ2n) is 4.98. The largest absolute Gasteiger partial charge is 0.417 e. The Morgan fingerprint density at radius 2 is 1.80 bits per heavy atom. The van der Waals surface area contributed by atoms with Gasteiger partial charge < -0.3 is 0 Å². The van der Waals surface area contributed by atoms with Crippen LogP contribution in [-0.2, 0) is 16.2 Å². The Hall–Kier alpha value is -0.790. The lowest BCUT2D eigenvalue weighted by Gasteiger charge is -2.25. The molecule has 0 aliphatic rings. The summed E-state index contributed by atoms with van der Waals surface area (Å²) in [7, 11) is -4.29. The lowest BCUT2D eigenvalue weighted by atomic mass is 10.0. The van der Waals surface area contributed by atoms with E-state index in [1.807, 2.05) is 0 Å². The minimum atomic E-state index is -4.80. The molecule has 1 aromatic rings. The van der Waals surface area contributed by atoms with Gasteiger partial charge in [-0.25, -0.2) is 13.1 Å². The van der Waals surface area contributed by atoms with Crippen LogP contribution in [0.1, 0.15) is 32.8 Å². The molecular formula is C12H15ClF3NO2S. The Morgan fingerprint density at radius 3 is 2.25 bits per heavy atom. The number of hydrogen-bond acceptors (Lipinski definition) is 2. The maximum absolute atomic E-state index is 12.9. The zero-order valence-corrected chi connectivity index (χ0v) is 12.7. The summed E-state index contributed by atoms with van der Waals surface area (Å²) in [6.45, 7) is 4.91. The van der Waals surface area contributed by atoms with Gasteiger partial charge in [-0.1, -0.05) is 18.5 Å². The molecule has 0 heterocycles. The van der Waals surface area contributed by atoms with Crippen molar-refractivity contribution in [3.63, 3.8) is 0 Å². The Labute approximate surface area is 121 Å². The standard InChI is InChI=1S/C12H15ClF3NO2S/c1-4-11(2,3)17-20(18,19)10-6-5-8(13)7-9(10)12(14,15)16/h5-7,17H,4H2,1-3H3. The van der Waals surface area contributed by atoms with Crippen LogP contribution >= 0.6 is 11.6 Å². The van der Waals surface area contributed by atoms with Crippen LogP contribution in [0.5, 0.6) is 0 Å². The molecule has 0 radical (unpaired) electrons. The lowest BCUT2D eigenvalue weighted by molar-refractivity contribution is -0.139. The van der Waals surface area contributed by atoms with E-state index in [1.165, 1.54) is 0 Å². The number of nitrogens with one attached hydrogen (secondary N) is 1. The number of alkyl halides is 3. The summed E-state index contributed by atoms with van der Waals surface area (Å²) < 4.78 is 65.3. The first-order valence-corrected chi connectivity index (χ1v) is 7.66. The van der Waals surface area contributed by atoms with Gasteiger partial charge in [0, 0.05) is 10.6 Å². The molecule has 0 atom stereocenters. The van der Waals surface area contributed by atoms with Crippen molar-refractivity contribution in [3.8, 4) is 0 Å². The van der Waals surface area contributed by atoms with Gasteiger partial charge in [0.05, 0.1) is 10.5 Å². The second-order valence-corrected chi connectivity index (χ2v) is 7.07. The summed E-state index contributed by atoms with van der Waals surface area (Å²) in [6, 6.07) is 2.58. The van der Waals surface area contributed by atoms with E-state index in [9.17, 15) is 21.6 Å². The van der Waals surface area contributed by atoms with Crippen molar-refractivity contribution in [3.05, 3.63) is 28.8 Å². The van der Waals surface area contributed by atoms with E-state index in [-0.39, 0.29) is 5.02 Å². The molecule has 3 nitrogen and oxygen atoms in total. The zero-order chi connectivity index (χ0) is 15.8. The van der Waals surface area contributed by atoms with Crippen LogP contribution in [0.25, 0.3) is 0 Å². The maximum atomic E-state index is 12.9. The van der Waals surface area contributed by atoms with Crippen molar-refractivity contribution in [1.29, 1.82) is 0 Å². The first-order valence-electron chi connectivity index (χ1n) is 5.80. The van der Waals surface area contributed by atoms with E-state index in [2.05, 4.69) is 4.72 Å². The number of rotatable bonds is 4. The van der Waals surface area contributed by atoms with Crippen molar-refractivity contribution >= 4 is 21.6 Å². The predicted molar refractivity (Wildman–Crippen MR) is 71.1 cm³/mol. The van der Waals surface area contributed by atoms with Crippen LogP contribution < -0.4 is 4.72 Å². The molecule has 0 bridgehead atoms. The molecule has 1 aromatic carbocycles. The molecular weight excluding hydrogens is 315 g/mol. The monoisotopic (exact) mass is 329 g/mol. The van der Waals surface area contributed by atoms with Crippen LogP contribution in [0.3, 0.4) is 0 Å². The van der Waals surface area contributed by atoms with Crippen molar-refractivity contribution in [2.24, 2.45) is 0 Å². The Kier molecular flexibility index (Phi) is 4.78. The maximum Gasteiger partial charge on any atom is 0.417 e. The van der Waals surface area contributed by atoms with Gasteiger partial charge in [0.1, 0.15) is 0 Å².